The topological polar surface area (TPSA) is 12.9 Å². The number of hydrogen-bond acceptors (Lipinski definition) is 2. The largest absolute Gasteiger partial charge is 0.241 e. The van der Waals surface area contributed by atoms with Crippen molar-refractivity contribution in [3.8, 4) is 0 Å². The summed E-state index contributed by atoms with van der Waals surface area (Å²) in [5.41, 5.74) is 1.12. The molecule has 2 aromatic rings. The van der Waals surface area contributed by atoms with Crippen LogP contribution < -0.4 is 0 Å². The molecule has 0 atom stereocenters. The molecule has 0 spiro atoms. The molecule has 0 N–H and O–H groups in total. The zero-order valence-corrected chi connectivity index (χ0v) is 10.7. The van der Waals surface area contributed by atoms with E-state index in [1.807, 2.05) is 6.07 Å². The summed E-state index contributed by atoms with van der Waals surface area (Å²) in [7, 11) is 0. The highest BCUT2D eigenvalue weighted by atomic mass is 79.9. The zero-order valence-electron chi connectivity index (χ0n) is 8.32. The molecule has 1 nitrogen and oxygen atoms in total. The SMILES string of the molecule is BrCCC=CCc1nc2ccccc2s1. The van der Waals surface area contributed by atoms with E-state index >= 15 is 0 Å². The molecule has 2 rings (SSSR count). The maximum absolute atomic E-state index is 4.57. The summed E-state index contributed by atoms with van der Waals surface area (Å²) in [6.45, 7) is 0. The van der Waals surface area contributed by atoms with Gasteiger partial charge in [-0.2, -0.15) is 0 Å². The molecule has 0 aliphatic rings. The van der Waals surface area contributed by atoms with Crippen LogP contribution in [0.1, 0.15) is 11.4 Å². The lowest BCUT2D eigenvalue weighted by Crippen LogP contribution is -1.77. The van der Waals surface area contributed by atoms with Crippen molar-refractivity contribution in [1.82, 2.24) is 4.98 Å². The normalized spacial score (nSPS) is 11.5. The van der Waals surface area contributed by atoms with Gasteiger partial charge in [0, 0.05) is 11.8 Å². The van der Waals surface area contributed by atoms with Crippen LogP contribution in [0, 0.1) is 0 Å². The number of para-hydroxylation sites is 1. The number of fused-ring (bicyclic) bond motifs is 1. The lowest BCUT2D eigenvalue weighted by molar-refractivity contribution is 1.17. The highest BCUT2D eigenvalue weighted by Crippen LogP contribution is 2.21. The van der Waals surface area contributed by atoms with Crippen molar-refractivity contribution in [3.05, 3.63) is 41.4 Å². The molecule has 15 heavy (non-hydrogen) atoms. The van der Waals surface area contributed by atoms with E-state index < -0.39 is 0 Å². The molecular formula is C12H12BrNS. The summed E-state index contributed by atoms with van der Waals surface area (Å²) in [5, 5.41) is 2.23. The van der Waals surface area contributed by atoms with E-state index in [2.05, 4.69) is 51.3 Å². The van der Waals surface area contributed by atoms with Crippen LogP contribution in [0.15, 0.2) is 36.4 Å². The molecule has 0 aliphatic carbocycles. The summed E-state index contributed by atoms with van der Waals surface area (Å²) in [6.07, 6.45) is 6.43. The molecule has 78 valence electrons. The number of hydrogen-bond donors (Lipinski definition) is 0. The molecule has 0 unspecified atom stereocenters. The smallest absolute Gasteiger partial charge is 0.0976 e. The molecule has 0 fully saturated rings. The van der Waals surface area contributed by atoms with Gasteiger partial charge in [0.15, 0.2) is 0 Å². The Kier molecular flexibility index (Phi) is 3.92. The fraction of sp³-hybridized carbons (Fsp3) is 0.250. The third kappa shape index (κ3) is 2.89. The molecule has 3 heteroatoms. The predicted octanol–water partition coefficient (Wildman–Crippen LogP) is 4.18. The van der Waals surface area contributed by atoms with Gasteiger partial charge in [0.25, 0.3) is 0 Å². The molecule has 0 saturated heterocycles. The Labute approximate surface area is 102 Å². The minimum atomic E-state index is 0.951. The van der Waals surface area contributed by atoms with Crippen LogP contribution in [0.4, 0.5) is 0 Å². The van der Waals surface area contributed by atoms with Crippen molar-refractivity contribution < 1.29 is 0 Å². The first-order valence-electron chi connectivity index (χ1n) is 4.95. The zero-order chi connectivity index (χ0) is 10.5. The van der Waals surface area contributed by atoms with Gasteiger partial charge in [-0.05, 0) is 18.6 Å². The minimum absolute atomic E-state index is 0.951. The summed E-state index contributed by atoms with van der Waals surface area (Å²) in [4.78, 5) is 4.57. The fourth-order valence-corrected chi connectivity index (χ4v) is 2.58. The lowest BCUT2D eigenvalue weighted by atomic mass is 10.3. The first-order chi connectivity index (χ1) is 7.40. The van der Waals surface area contributed by atoms with Gasteiger partial charge in [-0.3, -0.25) is 0 Å². The van der Waals surface area contributed by atoms with Gasteiger partial charge in [-0.15, -0.1) is 11.3 Å². The number of halogens is 1. The van der Waals surface area contributed by atoms with Crippen LogP contribution in [0.5, 0.6) is 0 Å². The van der Waals surface area contributed by atoms with E-state index in [1.165, 1.54) is 9.71 Å². The quantitative estimate of drug-likeness (QED) is 0.605. The molecule has 0 radical (unpaired) electrons. The van der Waals surface area contributed by atoms with Crippen LogP contribution in [0.2, 0.25) is 0 Å². The minimum Gasteiger partial charge on any atom is -0.241 e. The number of rotatable bonds is 4. The van der Waals surface area contributed by atoms with E-state index in [1.54, 1.807) is 11.3 Å². The van der Waals surface area contributed by atoms with Crippen LogP contribution in [0.3, 0.4) is 0 Å². The number of alkyl halides is 1. The highest BCUT2D eigenvalue weighted by molar-refractivity contribution is 9.09. The van der Waals surface area contributed by atoms with Crippen LogP contribution in [-0.2, 0) is 6.42 Å². The van der Waals surface area contributed by atoms with Gasteiger partial charge in [-0.1, -0.05) is 40.2 Å². The fourth-order valence-electron chi connectivity index (χ4n) is 1.37. The number of thiazole rings is 1. The average Bonchev–Trinajstić information content (AvgIpc) is 2.67. The molecule has 1 heterocycles. The monoisotopic (exact) mass is 281 g/mol. The summed E-state index contributed by atoms with van der Waals surface area (Å²) in [5.74, 6) is 0. The van der Waals surface area contributed by atoms with Gasteiger partial charge < -0.3 is 0 Å². The maximum atomic E-state index is 4.57. The van der Waals surface area contributed by atoms with Crippen molar-refractivity contribution in [3.63, 3.8) is 0 Å². The van der Waals surface area contributed by atoms with Gasteiger partial charge in [0.2, 0.25) is 0 Å². The Bertz CT molecular complexity index is 428. The molecule has 0 bridgehead atoms. The Morgan fingerprint density at radius 2 is 2.13 bits per heavy atom. The van der Waals surface area contributed by atoms with Gasteiger partial charge in [-0.25, -0.2) is 4.98 Å². The van der Waals surface area contributed by atoms with Crippen LogP contribution in [-0.4, -0.2) is 10.3 Å². The third-order valence-electron chi connectivity index (χ3n) is 2.07. The van der Waals surface area contributed by atoms with Gasteiger partial charge >= 0.3 is 0 Å². The van der Waals surface area contributed by atoms with Crippen molar-refractivity contribution in [2.24, 2.45) is 0 Å². The van der Waals surface area contributed by atoms with Crippen LogP contribution in [0.25, 0.3) is 10.2 Å². The molecule has 0 aliphatic heterocycles. The summed E-state index contributed by atoms with van der Waals surface area (Å²) >= 11 is 5.18. The second kappa shape index (κ2) is 5.42. The van der Waals surface area contributed by atoms with Crippen molar-refractivity contribution in [2.75, 3.05) is 5.33 Å². The third-order valence-corrected chi connectivity index (χ3v) is 3.59. The molecule has 1 aromatic carbocycles. The second-order valence-electron chi connectivity index (χ2n) is 3.23. The molecule has 0 saturated carbocycles. The van der Waals surface area contributed by atoms with E-state index in [-0.39, 0.29) is 0 Å². The highest BCUT2D eigenvalue weighted by Gasteiger charge is 2.00. The van der Waals surface area contributed by atoms with E-state index in [0.29, 0.717) is 0 Å². The number of allylic oxidation sites excluding steroid dienone is 2. The summed E-state index contributed by atoms with van der Waals surface area (Å²) in [6, 6.07) is 8.29. The predicted molar refractivity (Wildman–Crippen MR) is 70.9 cm³/mol. The van der Waals surface area contributed by atoms with Crippen molar-refractivity contribution in [2.45, 2.75) is 12.8 Å². The van der Waals surface area contributed by atoms with E-state index in [4.69, 9.17) is 0 Å². The molecule has 1 aromatic heterocycles. The maximum Gasteiger partial charge on any atom is 0.0976 e. The lowest BCUT2D eigenvalue weighted by Gasteiger charge is -1.85. The van der Waals surface area contributed by atoms with E-state index in [9.17, 15) is 0 Å². The molecule has 0 amide bonds. The summed E-state index contributed by atoms with van der Waals surface area (Å²) < 4.78 is 1.28. The van der Waals surface area contributed by atoms with Crippen LogP contribution >= 0.6 is 27.3 Å². The molecular weight excluding hydrogens is 270 g/mol. The van der Waals surface area contributed by atoms with Gasteiger partial charge in [0.1, 0.15) is 0 Å². The number of nitrogens with zero attached hydrogens (tertiary/aromatic N) is 1. The van der Waals surface area contributed by atoms with Gasteiger partial charge in [0.05, 0.1) is 15.2 Å². The Morgan fingerprint density at radius 1 is 1.27 bits per heavy atom. The first kappa shape index (κ1) is 10.8. The van der Waals surface area contributed by atoms with E-state index in [0.717, 1.165) is 23.7 Å². The Balaban J connectivity index is 2.09. The second-order valence-corrected chi connectivity index (χ2v) is 5.14. The Morgan fingerprint density at radius 3 is 2.93 bits per heavy atom. The van der Waals surface area contributed by atoms with Crippen molar-refractivity contribution in [1.29, 1.82) is 0 Å². The standard InChI is InChI=1S/C12H12BrNS/c13-9-5-1-2-8-12-14-10-6-3-4-7-11(10)15-12/h1-4,6-7H,5,8-9H2. The van der Waals surface area contributed by atoms with Crippen molar-refractivity contribution >= 4 is 37.5 Å². The Hall–Kier alpha value is -0.670. The first-order valence-corrected chi connectivity index (χ1v) is 6.89. The number of benzene rings is 1. The number of aromatic nitrogens is 1. The average molecular weight is 282 g/mol.